The van der Waals surface area contributed by atoms with Gasteiger partial charge in [-0.2, -0.15) is 0 Å². The standard InChI is InChI=1S/C22H22N2O4S/c1-16(17-10-4-3-5-11-17)23-22(25)18-12-6-7-13-19(18)24-29(26,27)21-15-9-8-14-20(21)28-2/h3-16,24H,1-2H3,(H,23,25)/t16-/m1/s1. The van der Waals surface area contributed by atoms with Crippen molar-refractivity contribution in [3.63, 3.8) is 0 Å². The van der Waals surface area contributed by atoms with E-state index in [0.29, 0.717) is 0 Å². The van der Waals surface area contributed by atoms with Crippen LogP contribution in [-0.4, -0.2) is 21.4 Å². The monoisotopic (exact) mass is 410 g/mol. The molecule has 0 radical (unpaired) electrons. The largest absolute Gasteiger partial charge is 0.495 e. The van der Waals surface area contributed by atoms with E-state index in [0.717, 1.165) is 5.56 Å². The van der Waals surface area contributed by atoms with Gasteiger partial charge in [-0.15, -0.1) is 0 Å². The molecular weight excluding hydrogens is 388 g/mol. The van der Waals surface area contributed by atoms with Crippen LogP contribution >= 0.6 is 0 Å². The molecule has 29 heavy (non-hydrogen) atoms. The van der Waals surface area contributed by atoms with Gasteiger partial charge in [0.1, 0.15) is 10.6 Å². The predicted molar refractivity (Wildman–Crippen MR) is 113 cm³/mol. The van der Waals surface area contributed by atoms with Crippen LogP contribution in [0.1, 0.15) is 28.9 Å². The van der Waals surface area contributed by atoms with Crippen molar-refractivity contribution in [2.45, 2.75) is 17.9 Å². The maximum Gasteiger partial charge on any atom is 0.265 e. The number of hydrogen-bond acceptors (Lipinski definition) is 4. The fourth-order valence-electron chi connectivity index (χ4n) is 2.91. The Hall–Kier alpha value is -3.32. The quantitative estimate of drug-likeness (QED) is 0.617. The van der Waals surface area contributed by atoms with Gasteiger partial charge in [0.05, 0.1) is 24.4 Å². The zero-order valence-electron chi connectivity index (χ0n) is 16.1. The van der Waals surface area contributed by atoms with Crippen LogP contribution < -0.4 is 14.8 Å². The zero-order valence-corrected chi connectivity index (χ0v) is 16.9. The van der Waals surface area contributed by atoms with E-state index in [1.807, 2.05) is 37.3 Å². The number of sulfonamides is 1. The van der Waals surface area contributed by atoms with Crippen molar-refractivity contribution in [3.8, 4) is 5.75 Å². The molecule has 1 amide bonds. The van der Waals surface area contributed by atoms with E-state index in [1.165, 1.54) is 13.2 Å². The van der Waals surface area contributed by atoms with Crippen LogP contribution in [0.25, 0.3) is 0 Å². The highest BCUT2D eigenvalue weighted by Crippen LogP contribution is 2.27. The Labute approximate surface area is 170 Å². The van der Waals surface area contributed by atoms with Gasteiger partial charge in [0.25, 0.3) is 15.9 Å². The van der Waals surface area contributed by atoms with Crippen molar-refractivity contribution in [3.05, 3.63) is 90.0 Å². The van der Waals surface area contributed by atoms with Crippen LogP contribution in [0.5, 0.6) is 5.75 Å². The lowest BCUT2D eigenvalue weighted by Crippen LogP contribution is -2.28. The number of methoxy groups -OCH3 is 1. The topological polar surface area (TPSA) is 84.5 Å². The maximum atomic E-state index is 12.9. The van der Waals surface area contributed by atoms with E-state index < -0.39 is 10.0 Å². The lowest BCUT2D eigenvalue weighted by atomic mass is 10.1. The van der Waals surface area contributed by atoms with Crippen molar-refractivity contribution in [2.24, 2.45) is 0 Å². The number of anilines is 1. The lowest BCUT2D eigenvalue weighted by molar-refractivity contribution is 0.0941. The molecule has 150 valence electrons. The fourth-order valence-corrected chi connectivity index (χ4v) is 4.16. The Morgan fingerprint density at radius 1 is 0.897 bits per heavy atom. The van der Waals surface area contributed by atoms with Gasteiger partial charge in [0, 0.05) is 0 Å². The van der Waals surface area contributed by atoms with Crippen LogP contribution in [0, 0.1) is 0 Å². The molecule has 0 heterocycles. The van der Waals surface area contributed by atoms with Gasteiger partial charge >= 0.3 is 0 Å². The third-order valence-corrected chi connectivity index (χ3v) is 5.83. The molecular formula is C22H22N2O4S. The summed E-state index contributed by atoms with van der Waals surface area (Å²) in [5.74, 6) is -0.153. The average molecular weight is 410 g/mol. The molecule has 0 aliphatic rings. The van der Waals surface area contributed by atoms with Crippen LogP contribution in [0.3, 0.4) is 0 Å². The number of carbonyl (C=O) groups is 1. The van der Waals surface area contributed by atoms with E-state index in [9.17, 15) is 13.2 Å². The van der Waals surface area contributed by atoms with E-state index in [1.54, 1.807) is 42.5 Å². The number of benzene rings is 3. The molecule has 2 N–H and O–H groups in total. The minimum absolute atomic E-state index is 0.00429. The Morgan fingerprint density at radius 2 is 1.52 bits per heavy atom. The van der Waals surface area contributed by atoms with Gasteiger partial charge < -0.3 is 10.1 Å². The van der Waals surface area contributed by atoms with Crippen LogP contribution in [0.2, 0.25) is 0 Å². The number of carbonyl (C=O) groups excluding carboxylic acids is 1. The van der Waals surface area contributed by atoms with Gasteiger partial charge in [-0.05, 0) is 36.8 Å². The van der Waals surface area contributed by atoms with E-state index in [2.05, 4.69) is 10.0 Å². The third kappa shape index (κ3) is 4.75. The first kappa shape index (κ1) is 20.4. The van der Waals surface area contributed by atoms with Crippen LogP contribution in [-0.2, 0) is 10.0 Å². The Bertz CT molecular complexity index is 1100. The molecule has 1 atom stereocenters. The Morgan fingerprint density at radius 3 is 2.24 bits per heavy atom. The number of para-hydroxylation sites is 2. The molecule has 7 heteroatoms. The summed E-state index contributed by atoms with van der Waals surface area (Å²) in [6, 6.07) is 22.1. The third-order valence-electron chi connectivity index (χ3n) is 4.42. The number of ether oxygens (including phenoxy) is 1. The van der Waals surface area contributed by atoms with Crippen molar-refractivity contribution in [1.82, 2.24) is 5.32 Å². The number of amides is 1. The van der Waals surface area contributed by atoms with Crippen molar-refractivity contribution in [2.75, 3.05) is 11.8 Å². The first-order valence-corrected chi connectivity index (χ1v) is 10.5. The van der Waals surface area contributed by atoms with Crippen LogP contribution in [0.4, 0.5) is 5.69 Å². The van der Waals surface area contributed by atoms with E-state index in [-0.39, 0.29) is 33.8 Å². The van der Waals surface area contributed by atoms with Crippen LogP contribution in [0.15, 0.2) is 83.8 Å². The molecule has 0 aliphatic carbocycles. The van der Waals surface area contributed by atoms with Gasteiger partial charge in [0.2, 0.25) is 0 Å². The molecule has 3 aromatic rings. The minimum atomic E-state index is -3.95. The molecule has 0 aromatic heterocycles. The smallest absolute Gasteiger partial charge is 0.265 e. The first-order valence-electron chi connectivity index (χ1n) is 9.03. The second-order valence-electron chi connectivity index (χ2n) is 6.41. The number of hydrogen-bond donors (Lipinski definition) is 2. The Balaban J connectivity index is 1.86. The van der Waals surface area contributed by atoms with E-state index >= 15 is 0 Å². The second-order valence-corrected chi connectivity index (χ2v) is 8.06. The Kier molecular flexibility index (Phi) is 6.19. The lowest BCUT2D eigenvalue weighted by Gasteiger charge is -2.17. The summed E-state index contributed by atoms with van der Waals surface area (Å²) in [4.78, 5) is 12.8. The second kappa shape index (κ2) is 8.79. The first-order chi connectivity index (χ1) is 13.9. The summed E-state index contributed by atoms with van der Waals surface area (Å²) < 4.78 is 33.4. The highest BCUT2D eigenvalue weighted by atomic mass is 32.2. The molecule has 0 aliphatic heterocycles. The number of rotatable bonds is 7. The summed E-state index contributed by atoms with van der Waals surface area (Å²) in [5, 5.41) is 2.90. The van der Waals surface area contributed by atoms with Gasteiger partial charge in [-0.1, -0.05) is 54.6 Å². The van der Waals surface area contributed by atoms with Gasteiger partial charge in [0.15, 0.2) is 0 Å². The molecule has 0 bridgehead atoms. The summed E-state index contributed by atoms with van der Waals surface area (Å²) in [7, 11) is -2.54. The molecule has 0 saturated heterocycles. The average Bonchev–Trinajstić information content (AvgIpc) is 2.74. The van der Waals surface area contributed by atoms with Crippen molar-refractivity contribution >= 4 is 21.6 Å². The summed E-state index contributed by atoms with van der Waals surface area (Å²) >= 11 is 0. The highest BCUT2D eigenvalue weighted by Gasteiger charge is 2.22. The van der Waals surface area contributed by atoms with Gasteiger partial charge in [-0.3, -0.25) is 9.52 Å². The summed E-state index contributed by atoms with van der Waals surface area (Å²) in [6.07, 6.45) is 0. The zero-order chi connectivity index (χ0) is 20.9. The number of nitrogens with one attached hydrogen (secondary N) is 2. The molecule has 3 rings (SSSR count). The predicted octanol–water partition coefficient (Wildman–Crippen LogP) is 3.99. The minimum Gasteiger partial charge on any atom is -0.495 e. The molecule has 0 spiro atoms. The normalized spacial score (nSPS) is 12.1. The summed E-state index contributed by atoms with van der Waals surface area (Å²) in [6.45, 7) is 1.87. The molecule has 0 saturated carbocycles. The molecule has 0 fully saturated rings. The van der Waals surface area contributed by atoms with Crippen molar-refractivity contribution < 1.29 is 17.9 Å². The fraction of sp³-hybridized carbons (Fsp3) is 0.136. The van der Waals surface area contributed by atoms with E-state index in [4.69, 9.17) is 4.74 Å². The maximum absolute atomic E-state index is 12.9. The highest BCUT2D eigenvalue weighted by molar-refractivity contribution is 7.92. The molecule has 6 nitrogen and oxygen atoms in total. The van der Waals surface area contributed by atoms with Crippen molar-refractivity contribution in [1.29, 1.82) is 0 Å². The molecule has 3 aromatic carbocycles. The SMILES string of the molecule is COc1ccccc1S(=O)(=O)Nc1ccccc1C(=O)N[C@H](C)c1ccccc1. The van der Waals surface area contributed by atoms with Gasteiger partial charge in [-0.25, -0.2) is 8.42 Å². The summed E-state index contributed by atoms with van der Waals surface area (Å²) in [5.41, 5.74) is 1.37. The molecule has 0 unspecified atom stereocenters.